The lowest BCUT2D eigenvalue weighted by atomic mass is 10.3. The maximum absolute atomic E-state index is 4.55. The first-order valence-corrected chi connectivity index (χ1v) is 7.05. The molecule has 0 spiro atoms. The molecule has 3 rings (SSSR count). The molecule has 0 atom stereocenters. The van der Waals surface area contributed by atoms with E-state index in [0.717, 1.165) is 36.1 Å². The van der Waals surface area contributed by atoms with E-state index in [1.807, 2.05) is 55.3 Å². The highest BCUT2D eigenvalue weighted by atomic mass is 15.2. The summed E-state index contributed by atoms with van der Waals surface area (Å²) in [5, 5.41) is 3.40. The van der Waals surface area contributed by atoms with Crippen LogP contribution in [-0.4, -0.2) is 25.6 Å². The number of anilines is 1. The van der Waals surface area contributed by atoms with Gasteiger partial charge in [-0.3, -0.25) is 4.57 Å². The quantitative estimate of drug-likeness (QED) is 0.782. The lowest BCUT2D eigenvalue weighted by Crippen LogP contribution is -2.11. The molecule has 3 aromatic rings. The zero-order valence-electron chi connectivity index (χ0n) is 12.3. The SMILES string of the molecule is Cc1cn(-c2ccccc2)c(NCCc2nccn2C)n1. The van der Waals surface area contributed by atoms with Crippen LogP contribution >= 0.6 is 0 Å². The number of nitrogens with one attached hydrogen (secondary N) is 1. The van der Waals surface area contributed by atoms with Gasteiger partial charge in [0.05, 0.1) is 5.69 Å². The largest absolute Gasteiger partial charge is 0.355 e. The molecule has 0 amide bonds. The number of benzene rings is 1. The molecule has 2 heterocycles. The van der Waals surface area contributed by atoms with E-state index >= 15 is 0 Å². The van der Waals surface area contributed by atoms with Crippen molar-refractivity contribution in [3.63, 3.8) is 0 Å². The second-order valence-electron chi connectivity index (χ2n) is 5.04. The average molecular weight is 281 g/mol. The molecular weight excluding hydrogens is 262 g/mol. The molecule has 0 fully saturated rings. The van der Waals surface area contributed by atoms with Gasteiger partial charge < -0.3 is 9.88 Å². The fourth-order valence-electron chi connectivity index (χ4n) is 2.33. The number of aryl methyl sites for hydroxylation is 2. The average Bonchev–Trinajstić information content (AvgIpc) is 3.06. The summed E-state index contributed by atoms with van der Waals surface area (Å²) >= 11 is 0. The third-order valence-corrected chi connectivity index (χ3v) is 3.41. The second-order valence-corrected chi connectivity index (χ2v) is 5.04. The minimum Gasteiger partial charge on any atom is -0.355 e. The summed E-state index contributed by atoms with van der Waals surface area (Å²) in [6.07, 6.45) is 6.69. The van der Waals surface area contributed by atoms with Gasteiger partial charge in [-0.25, -0.2) is 9.97 Å². The number of imidazole rings is 2. The Hall–Kier alpha value is -2.56. The van der Waals surface area contributed by atoms with Crippen molar-refractivity contribution in [3.05, 3.63) is 60.4 Å². The molecule has 0 aliphatic heterocycles. The molecule has 1 aromatic carbocycles. The summed E-state index contributed by atoms with van der Waals surface area (Å²) in [4.78, 5) is 8.88. The molecule has 0 bridgehead atoms. The van der Waals surface area contributed by atoms with E-state index < -0.39 is 0 Å². The van der Waals surface area contributed by atoms with Gasteiger partial charge in [-0.15, -0.1) is 0 Å². The van der Waals surface area contributed by atoms with Crippen LogP contribution < -0.4 is 5.32 Å². The molecule has 0 saturated heterocycles. The molecule has 0 radical (unpaired) electrons. The minimum atomic E-state index is 0.800. The molecule has 0 unspecified atom stereocenters. The molecule has 0 saturated carbocycles. The predicted octanol–water partition coefficient (Wildman–Crippen LogP) is 2.57. The number of nitrogens with zero attached hydrogens (tertiary/aromatic N) is 4. The highest BCUT2D eigenvalue weighted by Gasteiger charge is 2.07. The van der Waals surface area contributed by atoms with Crippen LogP contribution in [0.1, 0.15) is 11.5 Å². The second kappa shape index (κ2) is 5.83. The standard InChI is InChI=1S/C16H19N5/c1-13-12-21(14-6-4-3-5-7-14)16(19-13)18-9-8-15-17-10-11-20(15)2/h3-7,10-12H,8-9H2,1-2H3,(H,18,19). The lowest BCUT2D eigenvalue weighted by Gasteiger charge is -2.09. The van der Waals surface area contributed by atoms with Crippen molar-refractivity contribution < 1.29 is 0 Å². The van der Waals surface area contributed by atoms with E-state index in [9.17, 15) is 0 Å². The fourth-order valence-corrected chi connectivity index (χ4v) is 2.33. The van der Waals surface area contributed by atoms with Gasteiger partial charge in [-0.05, 0) is 19.1 Å². The van der Waals surface area contributed by atoms with Crippen LogP contribution in [0.3, 0.4) is 0 Å². The Morgan fingerprint density at radius 1 is 1.19 bits per heavy atom. The summed E-state index contributed by atoms with van der Waals surface area (Å²) in [7, 11) is 2.01. The Kier molecular flexibility index (Phi) is 3.73. The molecule has 2 aromatic heterocycles. The van der Waals surface area contributed by atoms with Crippen molar-refractivity contribution in [1.82, 2.24) is 19.1 Å². The van der Waals surface area contributed by atoms with Crippen LogP contribution in [0.15, 0.2) is 48.9 Å². The van der Waals surface area contributed by atoms with Crippen LogP contribution in [0.5, 0.6) is 0 Å². The van der Waals surface area contributed by atoms with Crippen molar-refractivity contribution in [3.8, 4) is 5.69 Å². The zero-order chi connectivity index (χ0) is 14.7. The van der Waals surface area contributed by atoms with Gasteiger partial charge in [0.1, 0.15) is 5.82 Å². The third kappa shape index (κ3) is 2.97. The van der Waals surface area contributed by atoms with Gasteiger partial charge in [0.25, 0.3) is 0 Å². The lowest BCUT2D eigenvalue weighted by molar-refractivity contribution is 0.786. The van der Waals surface area contributed by atoms with Crippen LogP contribution in [0.2, 0.25) is 0 Å². The monoisotopic (exact) mass is 281 g/mol. The van der Waals surface area contributed by atoms with Crippen LogP contribution in [0.4, 0.5) is 5.95 Å². The van der Waals surface area contributed by atoms with Crippen molar-refractivity contribution in [2.45, 2.75) is 13.3 Å². The van der Waals surface area contributed by atoms with Crippen LogP contribution in [0, 0.1) is 6.92 Å². The molecule has 108 valence electrons. The van der Waals surface area contributed by atoms with Crippen molar-refractivity contribution in [2.24, 2.45) is 7.05 Å². The number of para-hydroxylation sites is 1. The first-order chi connectivity index (χ1) is 10.2. The molecule has 0 aliphatic carbocycles. The summed E-state index contributed by atoms with van der Waals surface area (Å²) in [5.41, 5.74) is 2.11. The van der Waals surface area contributed by atoms with Gasteiger partial charge in [0, 0.05) is 44.3 Å². The minimum absolute atomic E-state index is 0.800. The smallest absolute Gasteiger partial charge is 0.207 e. The fraction of sp³-hybridized carbons (Fsp3) is 0.250. The Labute approximate surface area is 124 Å². The Morgan fingerprint density at radius 3 is 2.71 bits per heavy atom. The number of hydrogen-bond acceptors (Lipinski definition) is 3. The third-order valence-electron chi connectivity index (χ3n) is 3.41. The highest BCUT2D eigenvalue weighted by molar-refractivity contribution is 5.42. The molecule has 1 N–H and O–H groups in total. The summed E-state index contributed by atoms with van der Waals surface area (Å²) in [6, 6.07) is 10.2. The van der Waals surface area contributed by atoms with Gasteiger partial charge in [-0.1, -0.05) is 18.2 Å². The first-order valence-electron chi connectivity index (χ1n) is 7.05. The summed E-state index contributed by atoms with van der Waals surface area (Å²) in [5.74, 6) is 1.94. The predicted molar refractivity (Wildman–Crippen MR) is 83.7 cm³/mol. The Morgan fingerprint density at radius 2 is 2.00 bits per heavy atom. The van der Waals surface area contributed by atoms with Gasteiger partial charge in [0.2, 0.25) is 5.95 Å². The molecule has 5 heteroatoms. The van der Waals surface area contributed by atoms with Crippen LogP contribution in [-0.2, 0) is 13.5 Å². The molecular formula is C16H19N5. The van der Waals surface area contributed by atoms with Gasteiger partial charge in [-0.2, -0.15) is 0 Å². The maximum atomic E-state index is 4.55. The first kappa shape index (κ1) is 13.4. The summed E-state index contributed by atoms with van der Waals surface area (Å²) < 4.78 is 4.12. The van der Waals surface area contributed by atoms with E-state index in [1.54, 1.807) is 0 Å². The molecule has 0 aliphatic rings. The van der Waals surface area contributed by atoms with Gasteiger partial charge >= 0.3 is 0 Å². The molecule has 5 nitrogen and oxygen atoms in total. The van der Waals surface area contributed by atoms with E-state index in [4.69, 9.17) is 0 Å². The Bertz CT molecular complexity index is 711. The zero-order valence-corrected chi connectivity index (χ0v) is 12.3. The van der Waals surface area contributed by atoms with E-state index in [1.165, 1.54) is 0 Å². The number of rotatable bonds is 5. The summed E-state index contributed by atoms with van der Waals surface area (Å²) in [6.45, 7) is 2.80. The number of aromatic nitrogens is 4. The van der Waals surface area contributed by atoms with E-state index in [0.29, 0.717) is 0 Å². The van der Waals surface area contributed by atoms with Crippen molar-refractivity contribution >= 4 is 5.95 Å². The normalized spacial score (nSPS) is 10.8. The van der Waals surface area contributed by atoms with Crippen molar-refractivity contribution in [2.75, 3.05) is 11.9 Å². The topological polar surface area (TPSA) is 47.7 Å². The number of hydrogen-bond donors (Lipinski definition) is 1. The highest BCUT2D eigenvalue weighted by Crippen LogP contribution is 2.16. The maximum Gasteiger partial charge on any atom is 0.207 e. The van der Waals surface area contributed by atoms with E-state index in [2.05, 4.69) is 32.0 Å². The van der Waals surface area contributed by atoms with Gasteiger partial charge in [0.15, 0.2) is 0 Å². The van der Waals surface area contributed by atoms with E-state index in [-0.39, 0.29) is 0 Å². The van der Waals surface area contributed by atoms with Crippen molar-refractivity contribution in [1.29, 1.82) is 0 Å². The molecule has 21 heavy (non-hydrogen) atoms. The van der Waals surface area contributed by atoms with Crippen LogP contribution in [0.25, 0.3) is 5.69 Å². The Balaban J connectivity index is 1.73.